The maximum atomic E-state index is 11.0. The molecule has 16 heavy (non-hydrogen) atoms. The summed E-state index contributed by atoms with van der Waals surface area (Å²) in [6.45, 7) is 0.0810. The summed E-state index contributed by atoms with van der Waals surface area (Å²) in [7, 11) is 0. The SMILES string of the molecule is N#CCCOC(=O)CCC(=O)OCCC#N. The highest BCUT2D eigenvalue weighted by atomic mass is 16.5. The van der Waals surface area contributed by atoms with Gasteiger partial charge in [0.25, 0.3) is 0 Å². The van der Waals surface area contributed by atoms with E-state index in [4.69, 9.17) is 10.5 Å². The van der Waals surface area contributed by atoms with Gasteiger partial charge in [-0.25, -0.2) is 0 Å². The predicted octanol–water partition coefficient (Wildman–Crippen LogP) is 0.680. The van der Waals surface area contributed by atoms with Gasteiger partial charge in [-0.05, 0) is 0 Å². The molecule has 6 heteroatoms. The second-order valence-corrected chi connectivity index (χ2v) is 2.76. The molecule has 86 valence electrons. The van der Waals surface area contributed by atoms with Gasteiger partial charge in [0.05, 0.1) is 37.8 Å². The highest BCUT2D eigenvalue weighted by Gasteiger charge is 2.08. The van der Waals surface area contributed by atoms with Crippen molar-refractivity contribution in [2.24, 2.45) is 0 Å². The molecule has 0 bridgehead atoms. The van der Waals surface area contributed by atoms with Crippen molar-refractivity contribution in [3.63, 3.8) is 0 Å². The first-order chi connectivity index (χ1) is 7.70. The van der Waals surface area contributed by atoms with Gasteiger partial charge in [-0.15, -0.1) is 0 Å². The van der Waals surface area contributed by atoms with Crippen LogP contribution in [0, 0.1) is 22.7 Å². The molecule has 0 atom stereocenters. The van der Waals surface area contributed by atoms with E-state index in [-0.39, 0.29) is 38.9 Å². The normalized spacial score (nSPS) is 8.62. The molecule has 0 spiro atoms. The minimum atomic E-state index is -0.535. The summed E-state index contributed by atoms with van der Waals surface area (Å²) in [5.74, 6) is -1.07. The van der Waals surface area contributed by atoms with Crippen molar-refractivity contribution in [3.05, 3.63) is 0 Å². The van der Waals surface area contributed by atoms with Gasteiger partial charge in [-0.1, -0.05) is 0 Å². The number of ether oxygens (including phenoxy) is 2. The van der Waals surface area contributed by atoms with Crippen molar-refractivity contribution in [1.82, 2.24) is 0 Å². The molecular formula is C10H12N2O4. The molecule has 0 saturated carbocycles. The number of carbonyl (C=O) groups is 2. The summed E-state index contributed by atoms with van der Waals surface area (Å²) < 4.78 is 9.27. The van der Waals surface area contributed by atoms with Gasteiger partial charge >= 0.3 is 11.9 Å². The molecule has 0 N–H and O–H groups in total. The van der Waals surface area contributed by atoms with Crippen LogP contribution >= 0.6 is 0 Å². The van der Waals surface area contributed by atoms with Crippen LogP contribution in [-0.2, 0) is 19.1 Å². The van der Waals surface area contributed by atoms with Gasteiger partial charge in [-0.3, -0.25) is 9.59 Å². The standard InChI is InChI=1S/C10H12N2O4/c11-5-1-7-15-9(13)3-4-10(14)16-8-2-6-12/h1-4,7-8H2. The van der Waals surface area contributed by atoms with Crippen LogP contribution in [-0.4, -0.2) is 25.2 Å². The minimum Gasteiger partial charge on any atom is -0.465 e. The molecule has 0 aromatic heterocycles. The van der Waals surface area contributed by atoms with Crippen molar-refractivity contribution in [2.45, 2.75) is 25.7 Å². The van der Waals surface area contributed by atoms with Gasteiger partial charge in [0.1, 0.15) is 13.2 Å². The van der Waals surface area contributed by atoms with Gasteiger partial charge in [0.2, 0.25) is 0 Å². The third kappa shape index (κ3) is 8.52. The lowest BCUT2D eigenvalue weighted by Gasteiger charge is -2.02. The van der Waals surface area contributed by atoms with Crippen LogP contribution in [0.25, 0.3) is 0 Å². The molecule has 0 aromatic carbocycles. The number of rotatable bonds is 7. The Labute approximate surface area is 93.4 Å². The summed E-state index contributed by atoms with van der Waals surface area (Å²) in [4.78, 5) is 21.9. The fraction of sp³-hybridized carbons (Fsp3) is 0.600. The molecule has 0 rings (SSSR count). The van der Waals surface area contributed by atoms with Crippen molar-refractivity contribution in [1.29, 1.82) is 10.5 Å². The molecular weight excluding hydrogens is 212 g/mol. The smallest absolute Gasteiger partial charge is 0.306 e. The lowest BCUT2D eigenvalue weighted by atomic mass is 10.3. The van der Waals surface area contributed by atoms with E-state index in [1.54, 1.807) is 0 Å². The second kappa shape index (κ2) is 9.47. The van der Waals surface area contributed by atoms with E-state index in [1.807, 2.05) is 12.1 Å². The molecule has 0 unspecified atom stereocenters. The fourth-order valence-electron chi connectivity index (χ4n) is 0.769. The number of hydrogen-bond donors (Lipinski definition) is 0. The summed E-state index contributed by atoms with van der Waals surface area (Å²) >= 11 is 0. The Hall–Kier alpha value is -2.08. The van der Waals surface area contributed by atoms with Crippen molar-refractivity contribution in [3.8, 4) is 12.1 Å². The number of hydrogen-bond acceptors (Lipinski definition) is 6. The topological polar surface area (TPSA) is 100 Å². The van der Waals surface area contributed by atoms with Crippen LogP contribution in [0.2, 0.25) is 0 Å². The fourth-order valence-corrected chi connectivity index (χ4v) is 0.769. The quantitative estimate of drug-likeness (QED) is 0.465. The lowest BCUT2D eigenvalue weighted by Crippen LogP contribution is -2.11. The van der Waals surface area contributed by atoms with E-state index in [9.17, 15) is 9.59 Å². The first kappa shape index (κ1) is 13.9. The van der Waals surface area contributed by atoms with Gasteiger partial charge in [-0.2, -0.15) is 10.5 Å². The molecule has 6 nitrogen and oxygen atoms in total. The Morgan fingerprint density at radius 3 is 1.56 bits per heavy atom. The van der Waals surface area contributed by atoms with Crippen molar-refractivity contribution in [2.75, 3.05) is 13.2 Å². The van der Waals surface area contributed by atoms with Crippen LogP contribution in [0.5, 0.6) is 0 Å². The number of esters is 2. The van der Waals surface area contributed by atoms with Crippen LogP contribution in [0.3, 0.4) is 0 Å². The maximum Gasteiger partial charge on any atom is 0.306 e. The Kier molecular flexibility index (Phi) is 8.24. The van der Waals surface area contributed by atoms with E-state index < -0.39 is 11.9 Å². The van der Waals surface area contributed by atoms with E-state index in [1.165, 1.54) is 0 Å². The number of nitriles is 2. The maximum absolute atomic E-state index is 11.0. The number of carbonyl (C=O) groups excluding carboxylic acids is 2. The Bertz CT molecular complexity index is 282. The Balaban J connectivity index is 3.49. The summed E-state index contributed by atoms with van der Waals surface area (Å²) in [6.07, 6.45) is 0.129. The van der Waals surface area contributed by atoms with Crippen LogP contribution in [0.1, 0.15) is 25.7 Å². The summed E-state index contributed by atoms with van der Waals surface area (Å²) in [5, 5.41) is 16.4. The van der Waals surface area contributed by atoms with Crippen LogP contribution < -0.4 is 0 Å². The highest BCUT2D eigenvalue weighted by molar-refractivity contribution is 5.77. The molecule has 0 radical (unpaired) electrons. The average molecular weight is 224 g/mol. The van der Waals surface area contributed by atoms with Gasteiger partial charge in [0, 0.05) is 0 Å². The minimum absolute atomic E-state index is 0.0405. The molecule has 0 saturated heterocycles. The monoisotopic (exact) mass is 224 g/mol. The third-order valence-corrected chi connectivity index (χ3v) is 1.49. The predicted molar refractivity (Wildman–Crippen MR) is 51.6 cm³/mol. The molecule has 0 amide bonds. The van der Waals surface area contributed by atoms with Crippen molar-refractivity contribution >= 4 is 11.9 Å². The van der Waals surface area contributed by atoms with E-state index in [0.29, 0.717) is 0 Å². The first-order valence-electron chi connectivity index (χ1n) is 4.76. The lowest BCUT2D eigenvalue weighted by molar-refractivity contribution is -0.150. The van der Waals surface area contributed by atoms with Crippen LogP contribution in [0.4, 0.5) is 0 Å². The Morgan fingerprint density at radius 2 is 1.25 bits per heavy atom. The molecule has 0 aliphatic rings. The third-order valence-electron chi connectivity index (χ3n) is 1.49. The average Bonchev–Trinajstić information content (AvgIpc) is 2.27. The molecule has 0 fully saturated rings. The van der Waals surface area contributed by atoms with E-state index in [0.717, 1.165) is 0 Å². The zero-order valence-electron chi connectivity index (χ0n) is 8.77. The molecule has 0 heterocycles. The first-order valence-corrected chi connectivity index (χ1v) is 4.76. The van der Waals surface area contributed by atoms with Crippen molar-refractivity contribution < 1.29 is 19.1 Å². The largest absolute Gasteiger partial charge is 0.465 e. The number of nitrogens with zero attached hydrogens (tertiary/aromatic N) is 2. The van der Waals surface area contributed by atoms with Crippen LogP contribution in [0.15, 0.2) is 0 Å². The zero-order chi connectivity index (χ0) is 12.2. The summed E-state index contributed by atoms with van der Waals surface area (Å²) in [6, 6.07) is 3.65. The molecule has 0 aliphatic carbocycles. The van der Waals surface area contributed by atoms with Gasteiger partial charge in [0.15, 0.2) is 0 Å². The molecule has 0 aromatic rings. The van der Waals surface area contributed by atoms with E-state index >= 15 is 0 Å². The zero-order valence-corrected chi connectivity index (χ0v) is 8.77. The summed E-state index contributed by atoms with van der Waals surface area (Å²) in [5.41, 5.74) is 0. The highest BCUT2D eigenvalue weighted by Crippen LogP contribution is 1.97. The van der Waals surface area contributed by atoms with Gasteiger partial charge < -0.3 is 9.47 Å². The molecule has 0 aliphatic heterocycles. The second-order valence-electron chi connectivity index (χ2n) is 2.76. The van der Waals surface area contributed by atoms with E-state index in [2.05, 4.69) is 9.47 Å². The Morgan fingerprint density at radius 1 is 0.875 bits per heavy atom.